The van der Waals surface area contributed by atoms with Crippen LogP contribution in [0.15, 0.2) is 24.3 Å². The molecule has 0 fully saturated rings. The van der Waals surface area contributed by atoms with Gasteiger partial charge in [-0.05, 0) is 25.1 Å². The Morgan fingerprint density at radius 1 is 1.06 bits per heavy atom. The normalized spacial score (nSPS) is 13.7. The summed E-state index contributed by atoms with van der Waals surface area (Å²) in [6.45, 7) is 0.885. The van der Waals surface area contributed by atoms with Crippen LogP contribution in [-0.4, -0.2) is 29.8 Å². The molecule has 0 saturated carbocycles. The van der Waals surface area contributed by atoms with Crippen LogP contribution in [0.5, 0.6) is 0 Å². The van der Waals surface area contributed by atoms with Crippen LogP contribution in [0, 0.1) is 0 Å². The van der Waals surface area contributed by atoms with Gasteiger partial charge in [-0.3, -0.25) is 14.5 Å². The highest BCUT2D eigenvalue weighted by molar-refractivity contribution is 6.21. The van der Waals surface area contributed by atoms with Crippen molar-refractivity contribution in [2.24, 2.45) is 5.73 Å². The van der Waals surface area contributed by atoms with Gasteiger partial charge in [-0.25, -0.2) is 0 Å². The van der Waals surface area contributed by atoms with Crippen LogP contribution in [0.4, 0.5) is 0 Å². The van der Waals surface area contributed by atoms with Crippen molar-refractivity contribution in [3.8, 4) is 0 Å². The van der Waals surface area contributed by atoms with E-state index in [1.54, 1.807) is 24.3 Å². The van der Waals surface area contributed by atoms with E-state index in [9.17, 15) is 9.59 Å². The average Bonchev–Trinajstić information content (AvgIpc) is 2.51. The lowest BCUT2D eigenvalue weighted by molar-refractivity contribution is 0.0653. The molecule has 1 aromatic rings. The summed E-state index contributed by atoms with van der Waals surface area (Å²) < 4.78 is 0. The Labute approximate surface area is 99.8 Å². The number of nitrogens with zero attached hydrogens (tertiary/aromatic N) is 1. The number of benzene rings is 1. The van der Waals surface area contributed by atoms with Crippen LogP contribution in [0.1, 0.15) is 27.1 Å². The Morgan fingerprint density at radius 2 is 1.56 bits per heavy atom. The Bertz CT molecular complexity index is 385. The van der Waals surface area contributed by atoms with E-state index in [1.807, 2.05) is 0 Å². The first-order valence-corrected chi connectivity index (χ1v) is 4.91. The second kappa shape index (κ2) is 5.09. The summed E-state index contributed by atoms with van der Waals surface area (Å²) >= 11 is 0. The molecule has 2 N–H and O–H groups in total. The molecule has 86 valence electrons. The van der Waals surface area contributed by atoms with E-state index in [0.29, 0.717) is 30.6 Å². The number of hydrogen-bond acceptors (Lipinski definition) is 3. The molecule has 0 aromatic heterocycles. The van der Waals surface area contributed by atoms with Crippen LogP contribution < -0.4 is 5.73 Å². The van der Waals surface area contributed by atoms with Crippen LogP contribution in [0.25, 0.3) is 0 Å². The molecule has 4 nitrogen and oxygen atoms in total. The third-order valence-electron chi connectivity index (χ3n) is 2.46. The maximum Gasteiger partial charge on any atom is 0.261 e. The molecule has 1 aromatic carbocycles. The van der Waals surface area contributed by atoms with Gasteiger partial charge in [-0.15, -0.1) is 12.4 Å². The first-order chi connectivity index (χ1) is 7.25. The minimum atomic E-state index is -0.205. The summed E-state index contributed by atoms with van der Waals surface area (Å²) in [5, 5.41) is 0. The highest BCUT2D eigenvalue weighted by Crippen LogP contribution is 2.22. The molecule has 2 amide bonds. The fraction of sp³-hybridized carbons (Fsp3) is 0.273. The average molecular weight is 241 g/mol. The van der Waals surface area contributed by atoms with E-state index >= 15 is 0 Å². The number of amides is 2. The minimum Gasteiger partial charge on any atom is -0.330 e. The van der Waals surface area contributed by atoms with E-state index in [2.05, 4.69) is 0 Å². The summed E-state index contributed by atoms with van der Waals surface area (Å²) in [7, 11) is 0. The van der Waals surface area contributed by atoms with Crippen LogP contribution in [-0.2, 0) is 0 Å². The van der Waals surface area contributed by atoms with Gasteiger partial charge in [-0.1, -0.05) is 12.1 Å². The second-order valence-corrected chi connectivity index (χ2v) is 3.45. The molecule has 1 heterocycles. The third kappa shape index (κ3) is 1.94. The second-order valence-electron chi connectivity index (χ2n) is 3.45. The predicted molar refractivity (Wildman–Crippen MR) is 62.7 cm³/mol. The fourth-order valence-corrected chi connectivity index (χ4v) is 1.69. The van der Waals surface area contributed by atoms with Crippen molar-refractivity contribution in [2.45, 2.75) is 6.42 Å². The van der Waals surface area contributed by atoms with Gasteiger partial charge >= 0.3 is 0 Å². The fourth-order valence-electron chi connectivity index (χ4n) is 1.69. The molecule has 0 saturated heterocycles. The van der Waals surface area contributed by atoms with Crippen molar-refractivity contribution in [3.63, 3.8) is 0 Å². The molecule has 5 heteroatoms. The zero-order valence-electron chi connectivity index (χ0n) is 8.68. The smallest absolute Gasteiger partial charge is 0.261 e. The molecular formula is C11H13ClN2O2. The highest BCUT2D eigenvalue weighted by atomic mass is 35.5. The third-order valence-corrected chi connectivity index (χ3v) is 2.46. The summed E-state index contributed by atoms with van der Waals surface area (Å²) in [5.74, 6) is -0.409. The molecule has 0 aliphatic carbocycles. The molecule has 0 spiro atoms. The quantitative estimate of drug-likeness (QED) is 0.804. The molecule has 0 unspecified atom stereocenters. The molecule has 16 heavy (non-hydrogen) atoms. The van der Waals surface area contributed by atoms with Crippen molar-refractivity contribution < 1.29 is 9.59 Å². The van der Waals surface area contributed by atoms with Crippen LogP contribution >= 0.6 is 12.4 Å². The van der Waals surface area contributed by atoms with E-state index < -0.39 is 0 Å². The number of imide groups is 1. The zero-order chi connectivity index (χ0) is 10.8. The number of hydrogen-bond donors (Lipinski definition) is 1. The van der Waals surface area contributed by atoms with E-state index in [4.69, 9.17) is 5.73 Å². The van der Waals surface area contributed by atoms with Crippen molar-refractivity contribution in [1.29, 1.82) is 0 Å². The number of halogens is 1. The van der Waals surface area contributed by atoms with E-state index in [0.717, 1.165) is 0 Å². The van der Waals surface area contributed by atoms with Gasteiger partial charge in [-0.2, -0.15) is 0 Å². The van der Waals surface area contributed by atoms with Gasteiger partial charge in [0.2, 0.25) is 0 Å². The van der Waals surface area contributed by atoms with Crippen molar-refractivity contribution in [3.05, 3.63) is 35.4 Å². The van der Waals surface area contributed by atoms with Crippen LogP contribution in [0.2, 0.25) is 0 Å². The number of fused-ring (bicyclic) bond motifs is 1. The van der Waals surface area contributed by atoms with Crippen LogP contribution in [0.3, 0.4) is 0 Å². The number of carbonyl (C=O) groups is 2. The largest absolute Gasteiger partial charge is 0.330 e. The zero-order valence-corrected chi connectivity index (χ0v) is 9.50. The van der Waals surface area contributed by atoms with Gasteiger partial charge < -0.3 is 5.73 Å². The topological polar surface area (TPSA) is 63.4 Å². The van der Waals surface area contributed by atoms with Gasteiger partial charge in [0.1, 0.15) is 0 Å². The first-order valence-electron chi connectivity index (χ1n) is 4.91. The lowest BCUT2D eigenvalue weighted by atomic mass is 10.1. The van der Waals surface area contributed by atoms with Gasteiger partial charge in [0, 0.05) is 6.54 Å². The van der Waals surface area contributed by atoms with E-state index in [1.165, 1.54) is 4.90 Å². The lowest BCUT2D eigenvalue weighted by Crippen LogP contribution is -2.31. The molecule has 1 aliphatic heterocycles. The summed E-state index contributed by atoms with van der Waals surface area (Å²) in [5.41, 5.74) is 6.35. The van der Waals surface area contributed by atoms with Gasteiger partial charge in [0.25, 0.3) is 11.8 Å². The van der Waals surface area contributed by atoms with Crippen molar-refractivity contribution in [2.75, 3.05) is 13.1 Å². The van der Waals surface area contributed by atoms with Gasteiger partial charge in [0.05, 0.1) is 11.1 Å². The first kappa shape index (κ1) is 12.7. The monoisotopic (exact) mass is 240 g/mol. The summed E-state index contributed by atoms with van der Waals surface area (Å²) in [6, 6.07) is 6.88. The molecule has 2 rings (SSSR count). The standard InChI is InChI=1S/C11H12N2O2.ClH/c12-6-3-7-13-10(14)8-4-1-2-5-9(8)11(13)15;/h1-2,4-5H,3,6-7,12H2;1H. The Balaban J connectivity index is 0.00000128. The Hall–Kier alpha value is -1.39. The Kier molecular flexibility index (Phi) is 4.04. The lowest BCUT2D eigenvalue weighted by Gasteiger charge is -2.12. The van der Waals surface area contributed by atoms with Crippen molar-refractivity contribution >= 4 is 24.2 Å². The Morgan fingerprint density at radius 3 is 2.00 bits per heavy atom. The highest BCUT2D eigenvalue weighted by Gasteiger charge is 2.34. The molecule has 0 atom stereocenters. The number of carbonyl (C=O) groups excluding carboxylic acids is 2. The summed E-state index contributed by atoms with van der Waals surface area (Å²) in [4.78, 5) is 24.8. The minimum absolute atomic E-state index is 0. The maximum atomic E-state index is 11.8. The SMILES string of the molecule is Cl.NCCCN1C(=O)c2ccccc2C1=O. The molecular weight excluding hydrogens is 228 g/mol. The van der Waals surface area contributed by atoms with Gasteiger partial charge in [0.15, 0.2) is 0 Å². The summed E-state index contributed by atoms with van der Waals surface area (Å²) in [6.07, 6.45) is 0.644. The van der Waals surface area contributed by atoms with E-state index in [-0.39, 0.29) is 24.2 Å². The molecule has 1 aliphatic rings. The number of nitrogens with two attached hydrogens (primary N) is 1. The van der Waals surface area contributed by atoms with Crippen molar-refractivity contribution in [1.82, 2.24) is 4.90 Å². The predicted octanol–water partition coefficient (Wildman–Crippen LogP) is 1.05. The molecule has 0 bridgehead atoms. The number of rotatable bonds is 3. The molecule has 0 radical (unpaired) electrons. The maximum absolute atomic E-state index is 11.8.